The van der Waals surface area contributed by atoms with Crippen LogP contribution in [0.1, 0.15) is 13.8 Å². The molecule has 0 aliphatic heterocycles. The minimum atomic E-state index is -1.24. The van der Waals surface area contributed by atoms with Crippen LogP contribution in [0.15, 0.2) is 0 Å². The maximum atomic E-state index is 5.80. The van der Waals surface area contributed by atoms with E-state index >= 15 is 0 Å². The summed E-state index contributed by atoms with van der Waals surface area (Å²) in [5, 5.41) is 0. The van der Waals surface area contributed by atoms with Crippen LogP contribution in [0, 0.1) is 0 Å². The van der Waals surface area contributed by atoms with Gasteiger partial charge in [-0.3, -0.25) is 0 Å². The Bertz CT molecular complexity index is 77.6. The van der Waals surface area contributed by atoms with Crippen LogP contribution in [0.3, 0.4) is 0 Å². The SMILES string of the molecule is CCO[Si](CC)(CI)CI. The van der Waals surface area contributed by atoms with Crippen molar-refractivity contribution in [3.63, 3.8) is 0 Å². The van der Waals surface area contributed by atoms with Crippen molar-refractivity contribution in [1.82, 2.24) is 0 Å². The van der Waals surface area contributed by atoms with E-state index in [1.54, 1.807) is 0 Å². The molecule has 0 unspecified atom stereocenters. The maximum absolute atomic E-state index is 5.80. The van der Waals surface area contributed by atoms with Crippen molar-refractivity contribution in [2.75, 3.05) is 14.7 Å². The highest BCUT2D eigenvalue weighted by Gasteiger charge is 2.29. The second-order valence-corrected chi connectivity index (χ2v) is 10.7. The van der Waals surface area contributed by atoms with Crippen LogP contribution in [-0.2, 0) is 4.43 Å². The molecule has 0 N–H and O–H groups in total. The Morgan fingerprint density at radius 3 is 1.80 bits per heavy atom. The summed E-state index contributed by atoms with van der Waals surface area (Å²) >= 11 is 4.92. The zero-order valence-corrected chi connectivity index (χ0v) is 11.8. The largest absolute Gasteiger partial charge is 0.416 e. The second-order valence-electron chi connectivity index (χ2n) is 2.24. The molecule has 0 aliphatic rings. The third-order valence-electron chi connectivity index (χ3n) is 1.58. The van der Waals surface area contributed by atoms with Crippen molar-refractivity contribution in [2.24, 2.45) is 0 Å². The van der Waals surface area contributed by atoms with E-state index in [0.29, 0.717) is 0 Å². The Morgan fingerprint density at radius 1 is 1.20 bits per heavy atom. The normalized spacial score (nSPS) is 12.0. The smallest absolute Gasteiger partial charge is 0.211 e. The van der Waals surface area contributed by atoms with Gasteiger partial charge in [0, 0.05) is 14.7 Å². The molecular formula is C6H14I2OSi. The van der Waals surface area contributed by atoms with E-state index in [9.17, 15) is 0 Å². The monoisotopic (exact) mass is 384 g/mol. The van der Waals surface area contributed by atoms with Crippen LogP contribution in [0.5, 0.6) is 0 Å². The zero-order chi connectivity index (χ0) is 8.04. The van der Waals surface area contributed by atoms with E-state index in [2.05, 4.69) is 59.0 Å². The molecule has 62 valence electrons. The second kappa shape index (κ2) is 6.19. The molecule has 10 heavy (non-hydrogen) atoms. The van der Waals surface area contributed by atoms with Crippen LogP contribution < -0.4 is 0 Å². The molecule has 4 heteroatoms. The molecule has 0 bridgehead atoms. The van der Waals surface area contributed by atoms with Crippen molar-refractivity contribution in [3.05, 3.63) is 0 Å². The molecule has 0 fully saturated rings. The average molecular weight is 384 g/mol. The number of hydrogen-bond acceptors (Lipinski definition) is 1. The van der Waals surface area contributed by atoms with Crippen molar-refractivity contribution in [3.8, 4) is 0 Å². The third kappa shape index (κ3) is 3.36. The molecule has 1 nitrogen and oxygen atoms in total. The van der Waals surface area contributed by atoms with Gasteiger partial charge in [-0.2, -0.15) is 0 Å². The number of alkyl halides is 2. The van der Waals surface area contributed by atoms with Gasteiger partial charge in [-0.1, -0.05) is 52.1 Å². The van der Waals surface area contributed by atoms with Crippen molar-refractivity contribution < 1.29 is 4.43 Å². The topological polar surface area (TPSA) is 9.23 Å². The molecule has 0 atom stereocenters. The van der Waals surface area contributed by atoms with Gasteiger partial charge in [-0.05, 0) is 13.0 Å². The molecule has 0 rings (SSSR count). The summed E-state index contributed by atoms with van der Waals surface area (Å²) in [6.07, 6.45) is 0. The van der Waals surface area contributed by atoms with Gasteiger partial charge < -0.3 is 4.43 Å². The minimum Gasteiger partial charge on any atom is -0.416 e. The third-order valence-corrected chi connectivity index (χ3v) is 13.1. The Morgan fingerprint density at radius 2 is 1.70 bits per heavy atom. The molecule has 0 saturated carbocycles. The summed E-state index contributed by atoms with van der Waals surface area (Å²) in [6, 6.07) is 1.26. The van der Waals surface area contributed by atoms with Gasteiger partial charge in [0.15, 0.2) is 0 Å². The quantitative estimate of drug-likeness (QED) is 0.403. The number of hydrogen-bond donors (Lipinski definition) is 0. The first-order valence-corrected chi connectivity index (χ1v) is 9.08. The summed E-state index contributed by atoms with van der Waals surface area (Å²) < 4.78 is 8.27. The van der Waals surface area contributed by atoms with Crippen LogP contribution in [0.2, 0.25) is 6.04 Å². The standard InChI is InChI=1S/C6H14I2OSi/c1-3-9-10(4-2,5-7)6-8/h3-6H2,1-2H3. The maximum Gasteiger partial charge on any atom is 0.211 e. The lowest BCUT2D eigenvalue weighted by molar-refractivity contribution is 0.330. The molecule has 0 saturated heterocycles. The first-order chi connectivity index (χ1) is 4.74. The predicted octanol–water partition coefficient (Wildman–Crippen LogP) is 2.94. The van der Waals surface area contributed by atoms with Gasteiger partial charge in [-0.15, -0.1) is 0 Å². The van der Waals surface area contributed by atoms with Gasteiger partial charge in [-0.25, -0.2) is 0 Å². The molecule has 0 aromatic rings. The molecule has 0 spiro atoms. The zero-order valence-electron chi connectivity index (χ0n) is 6.49. The van der Waals surface area contributed by atoms with Gasteiger partial charge in [0.05, 0.1) is 0 Å². The molecule has 0 aliphatic carbocycles. The molecular weight excluding hydrogens is 370 g/mol. The summed E-state index contributed by atoms with van der Waals surface area (Å²) in [6.45, 7) is 5.24. The van der Waals surface area contributed by atoms with Crippen LogP contribution in [-0.4, -0.2) is 23.0 Å². The number of rotatable bonds is 5. The van der Waals surface area contributed by atoms with Crippen molar-refractivity contribution in [2.45, 2.75) is 19.9 Å². The van der Waals surface area contributed by atoms with Crippen LogP contribution >= 0.6 is 45.2 Å². The van der Waals surface area contributed by atoms with Crippen molar-refractivity contribution >= 4 is 53.5 Å². The highest BCUT2D eigenvalue weighted by Crippen LogP contribution is 2.17. The molecule has 0 heterocycles. The van der Waals surface area contributed by atoms with Crippen molar-refractivity contribution in [1.29, 1.82) is 0 Å². The van der Waals surface area contributed by atoms with Crippen LogP contribution in [0.4, 0.5) is 0 Å². The van der Waals surface area contributed by atoms with E-state index in [4.69, 9.17) is 4.43 Å². The van der Waals surface area contributed by atoms with Gasteiger partial charge in [0.25, 0.3) is 0 Å². The first kappa shape index (κ1) is 11.6. The first-order valence-electron chi connectivity index (χ1n) is 3.50. The van der Waals surface area contributed by atoms with Gasteiger partial charge >= 0.3 is 0 Å². The Kier molecular flexibility index (Phi) is 7.20. The predicted molar refractivity (Wildman–Crippen MR) is 65.6 cm³/mol. The van der Waals surface area contributed by atoms with Gasteiger partial charge in [0.2, 0.25) is 8.32 Å². The average Bonchev–Trinajstić information content (AvgIpc) is 2.01. The molecule has 0 aromatic heterocycles. The highest BCUT2D eigenvalue weighted by molar-refractivity contribution is 14.1. The van der Waals surface area contributed by atoms with E-state index < -0.39 is 8.32 Å². The van der Waals surface area contributed by atoms with E-state index in [0.717, 1.165) is 6.61 Å². The van der Waals surface area contributed by atoms with E-state index in [1.807, 2.05) is 0 Å². The fourth-order valence-corrected chi connectivity index (χ4v) is 11.4. The van der Waals surface area contributed by atoms with Gasteiger partial charge in [0.1, 0.15) is 0 Å². The van der Waals surface area contributed by atoms with E-state index in [-0.39, 0.29) is 0 Å². The summed E-state index contributed by atoms with van der Waals surface area (Å²) in [5.41, 5.74) is 0. The lowest BCUT2D eigenvalue weighted by Crippen LogP contribution is -2.42. The lowest BCUT2D eigenvalue weighted by Gasteiger charge is -2.25. The summed E-state index contributed by atoms with van der Waals surface area (Å²) in [4.78, 5) is 0. The summed E-state index contributed by atoms with van der Waals surface area (Å²) in [7, 11) is -1.24. The minimum absolute atomic E-state index is 0.895. The lowest BCUT2D eigenvalue weighted by atomic mass is 10.9. The molecule has 0 aromatic carbocycles. The van der Waals surface area contributed by atoms with Crippen LogP contribution in [0.25, 0.3) is 0 Å². The Balaban J connectivity index is 3.87. The van der Waals surface area contributed by atoms with E-state index in [1.165, 1.54) is 14.1 Å². The Hall–Kier alpha value is 1.64. The molecule has 0 radical (unpaired) electrons. The summed E-state index contributed by atoms with van der Waals surface area (Å²) in [5.74, 6) is 0. The Labute approximate surface area is 91.7 Å². The number of halogens is 2. The highest BCUT2D eigenvalue weighted by atomic mass is 127. The fraction of sp³-hybridized carbons (Fsp3) is 1.00. The fourth-order valence-electron chi connectivity index (χ4n) is 0.710. The molecule has 0 amide bonds.